The molecular formula is C12H21N3. The van der Waals surface area contributed by atoms with Crippen molar-refractivity contribution < 1.29 is 0 Å². The van der Waals surface area contributed by atoms with Gasteiger partial charge in [-0.3, -0.25) is 4.90 Å². The van der Waals surface area contributed by atoms with Crippen LogP contribution in [0.5, 0.6) is 0 Å². The first-order valence-electron chi connectivity index (χ1n) is 5.87. The van der Waals surface area contributed by atoms with Crippen LogP contribution in [0.1, 0.15) is 19.8 Å². The number of hydrogen-bond acceptors (Lipinski definition) is 3. The molecule has 0 aliphatic carbocycles. The largest absolute Gasteiger partial charge is 0.372 e. The maximum absolute atomic E-state index is 5.77. The fourth-order valence-corrected chi connectivity index (χ4v) is 2.50. The fourth-order valence-electron chi connectivity index (χ4n) is 2.50. The van der Waals surface area contributed by atoms with Crippen LogP contribution in [0.2, 0.25) is 0 Å². The molecule has 0 amide bonds. The third-order valence-corrected chi connectivity index (χ3v) is 3.30. The van der Waals surface area contributed by atoms with Gasteiger partial charge < -0.3 is 11.1 Å². The highest BCUT2D eigenvalue weighted by Gasteiger charge is 2.25. The second kappa shape index (κ2) is 4.81. The molecule has 0 radical (unpaired) electrons. The zero-order valence-corrected chi connectivity index (χ0v) is 9.45. The first-order chi connectivity index (χ1) is 7.31. The number of nitrogens with two attached hydrogens (primary N) is 1. The summed E-state index contributed by atoms with van der Waals surface area (Å²) in [7, 11) is 0. The van der Waals surface area contributed by atoms with E-state index in [-0.39, 0.29) is 0 Å². The van der Waals surface area contributed by atoms with E-state index in [0.29, 0.717) is 12.7 Å². The summed E-state index contributed by atoms with van der Waals surface area (Å²) >= 11 is 0. The van der Waals surface area contributed by atoms with Crippen LogP contribution < -0.4 is 11.1 Å². The third kappa shape index (κ3) is 2.41. The van der Waals surface area contributed by atoms with Gasteiger partial charge in [-0.25, -0.2) is 0 Å². The Morgan fingerprint density at radius 2 is 2.47 bits per heavy atom. The minimum absolute atomic E-state index is 0.336. The maximum Gasteiger partial charge on any atom is 0.103 e. The Hall–Kier alpha value is -0.800. The average molecular weight is 207 g/mol. The average Bonchev–Trinajstić information content (AvgIpc) is 2.29. The summed E-state index contributed by atoms with van der Waals surface area (Å²) < 4.78 is 0. The number of nitrogens with zero attached hydrogens (tertiary/aromatic N) is 1. The summed E-state index contributed by atoms with van der Waals surface area (Å²) in [5.41, 5.74) is 7.06. The Kier molecular flexibility index (Phi) is 3.44. The Bertz CT molecular complexity index is 270. The predicted octanol–water partition coefficient (Wildman–Crippen LogP) is 1.05. The van der Waals surface area contributed by atoms with Crippen molar-refractivity contribution in [2.24, 2.45) is 11.7 Å². The molecule has 0 spiro atoms. The van der Waals surface area contributed by atoms with Gasteiger partial charge in [-0.1, -0.05) is 13.0 Å². The third-order valence-electron chi connectivity index (χ3n) is 3.30. The molecule has 2 aliphatic rings. The van der Waals surface area contributed by atoms with Crippen molar-refractivity contribution in [1.82, 2.24) is 10.2 Å². The van der Waals surface area contributed by atoms with Crippen LogP contribution in [0, 0.1) is 5.92 Å². The van der Waals surface area contributed by atoms with Gasteiger partial charge in [0.05, 0.1) is 0 Å². The van der Waals surface area contributed by atoms with Crippen molar-refractivity contribution >= 4 is 0 Å². The molecule has 1 unspecified atom stereocenters. The van der Waals surface area contributed by atoms with Crippen LogP contribution in [0.3, 0.4) is 0 Å². The standard InChI is InChI=1S/C12H21N3/c1-10-4-3-7-15(9-10)12-11(8-13)5-2-6-14-12/h2,5-6,10,12,14H,3-4,7-9,13H2,1H3/t10-,12?/m1/s1. The van der Waals surface area contributed by atoms with Gasteiger partial charge in [-0.2, -0.15) is 0 Å². The molecule has 3 N–H and O–H groups in total. The van der Waals surface area contributed by atoms with Crippen LogP contribution in [0.4, 0.5) is 0 Å². The van der Waals surface area contributed by atoms with Crippen molar-refractivity contribution in [1.29, 1.82) is 0 Å². The monoisotopic (exact) mass is 207 g/mol. The van der Waals surface area contributed by atoms with Crippen LogP contribution in [0.25, 0.3) is 0 Å². The second-order valence-corrected chi connectivity index (χ2v) is 4.62. The summed E-state index contributed by atoms with van der Waals surface area (Å²) in [5, 5.41) is 3.41. The normalized spacial score (nSPS) is 32.3. The lowest BCUT2D eigenvalue weighted by Crippen LogP contribution is -2.50. The minimum Gasteiger partial charge on any atom is -0.372 e. The zero-order chi connectivity index (χ0) is 10.7. The van der Waals surface area contributed by atoms with E-state index in [2.05, 4.69) is 23.2 Å². The van der Waals surface area contributed by atoms with E-state index >= 15 is 0 Å². The molecule has 0 saturated carbocycles. The Morgan fingerprint density at radius 1 is 1.60 bits per heavy atom. The molecular weight excluding hydrogens is 186 g/mol. The summed E-state index contributed by atoms with van der Waals surface area (Å²) in [6.07, 6.45) is 9.19. The molecule has 84 valence electrons. The van der Waals surface area contributed by atoms with Crippen molar-refractivity contribution in [2.75, 3.05) is 19.6 Å². The van der Waals surface area contributed by atoms with Gasteiger partial charge in [-0.05, 0) is 36.6 Å². The number of nitrogens with one attached hydrogen (secondary N) is 1. The van der Waals surface area contributed by atoms with Gasteiger partial charge in [0.15, 0.2) is 0 Å². The number of dihydropyridines is 1. The van der Waals surface area contributed by atoms with Crippen molar-refractivity contribution in [3.05, 3.63) is 23.9 Å². The van der Waals surface area contributed by atoms with Gasteiger partial charge in [0.1, 0.15) is 6.17 Å². The van der Waals surface area contributed by atoms with Gasteiger partial charge >= 0.3 is 0 Å². The number of rotatable bonds is 2. The van der Waals surface area contributed by atoms with Gasteiger partial charge in [-0.15, -0.1) is 0 Å². The van der Waals surface area contributed by atoms with Crippen molar-refractivity contribution in [2.45, 2.75) is 25.9 Å². The van der Waals surface area contributed by atoms with Gasteiger partial charge in [0.25, 0.3) is 0 Å². The number of hydrogen-bond donors (Lipinski definition) is 2. The maximum atomic E-state index is 5.77. The quantitative estimate of drug-likeness (QED) is 0.711. The van der Waals surface area contributed by atoms with E-state index < -0.39 is 0 Å². The smallest absolute Gasteiger partial charge is 0.103 e. The Balaban J connectivity index is 2.03. The highest BCUT2D eigenvalue weighted by atomic mass is 15.3. The SMILES string of the molecule is C[C@@H]1CCCN(C2NC=CC=C2CN)C1. The molecule has 3 heteroatoms. The lowest BCUT2D eigenvalue weighted by atomic mass is 9.98. The van der Waals surface area contributed by atoms with Crippen molar-refractivity contribution in [3.8, 4) is 0 Å². The lowest BCUT2D eigenvalue weighted by Gasteiger charge is -2.39. The summed E-state index contributed by atoms with van der Waals surface area (Å²) in [4.78, 5) is 2.51. The molecule has 2 atom stereocenters. The van der Waals surface area contributed by atoms with E-state index in [4.69, 9.17) is 5.73 Å². The molecule has 0 aromatic carbocycles. The molecule has 1 saturated heterocycles. The van der Waals surface area contributed by atoms with E-state index in [1.807, 2.05) is 12.3 Å². The molecule has 2 aliphatic heterocycles. The molecule has 2 heterocycles. The molecule has 0 aromatic rings. The first-order valence-corrected chi connectivity index (χ1v) is 5.87. The van der Waals surface area contributed by atoms with E-state index in [1.54, 1.807) is 0 Å². The molecule has 0 bridgehead atoms. The fraction of sp³-hybridized carbons (Fsp3) is 0.667. The minimum atomic E-state index is 0.336. The Morgan fingerprint density at radius 3 is 3.20 bits per heavy atom. The number of piperidine rings is 1. The van der Waals surface area contributed by atoms with E-state index in [1.165, 1.54) is 31.5 Å². The second-order valence-electron chi connectivity index (χ2n) is 4.62. The topological polar surface area (TPSA) is 41.3 Å². The van der Waals surface area contributed by atoms with Gasteiger partial charge in [0.2, 0.25) is 0 Å². The lowest BCUT2D eigenvalue weighted by molar-refractivity contribution is 0.134. The highest BCUT2D eigenvalue weighted by Crippen LogP contribution is 2.20. The van der Waals surface area contributed by atoms with Crippen molar-refractivity contribution in [3.63, 3.8) is 0 Å². The summed E-state index contributed by atoms with van der Waals surface area (Å²) in [6, 6.07) is 0. The summed E-state index contributed by atoms with van der Waals surface area (Å²) in [6.45, 7) is 5.35. The van der Waals surface area contributed by atoms with Crippen LogP contribution in [-0.4, -0.2) is 30.7 Å². The highest BCUT2D eigenvalue weighted by molar-refractivity contribution is 5.23. The molecule has 1 fully saturated rings. The van der Waals surface area contributed by atoms with E-state index in [0.717, 1.165) is 5.92 Å². The number of allylic oxidation sites excluding steroid dienone is 2. The van der Waals surface area contributed by atoms with E-state index in [9.17, 15) is 0 Å². The molecule has 15 heavy (non-hydrogen) atoms. The van der Waals surface area contributed by atoms with Crippen LogP contribution in [-0.2, 0) is 0 Å². The number of likely N-dealkylation sites (tertiary alicyclic amines) is 1. The van der Waals surface area contributed by atoms with Crippen LogP contribution >= 0.6 is 0 Å². The molecule has 2 rings (SSSR count). The predicted molar refractivity (Wildman–Crippen MR) is 63.2 cm³/mol. The van der Waals surface area contributed by atoms with Crippen LogP contribution in [0.15, 0.2) is 23.9 Å². The molecule has 0 aromatic heterocycles. The first kappa shape index (κ1) is 10.7. The zero-order valence-electron chi connectivity index (χ0n) is 9.45. The molecule has 3 nitrogen and oxygen atoms in total. The summed E-state index contributed by atoms with van der Waals surface area (Å²) in [5.74, 6) is 0.811. The van der Waals surface area contributed by atoms with Gasteiger partial charge in [0, 0.05) is 19.6 Å². The Labute approximate surface area is 92.0 Å².